The number of nitrogens with one attached hydrogen (secondary N) is 1. The minimum absolute atomic E-state index is 0.0381. The van der Waals surface area contributed by atoms with Gasteiger partial charge in [-0.3, -0.25) is 4.79 Å². The van der Waals surface area contributed by atoms with E-state index in [4.69, 9.17) is 11.6 Å². The van der Waals surface area contributed by atoms with E-state index in [9.17, 15) is 18.0 Å². The molecular weight excluding hydrogens is 367 g/mol. The minimum atomic E-state index is -4.57. The molecule has 0 unspecified atom stereocenters. The summed E-state index contributed by atoms with van der Waals surface area (Å²) in [5.74, 6) is -1.28. The third-order valence-corrected chi connectivity index (χ3v) is 4.24. The largest absolute Gasteiger partial charge is 0.449 e. The molecule has 0 saturated carbocycles. The van der Waals surface area contributed by atoms with Crippen molar-refractivity contribution < 1.29 is 18.0 Å². The highest BCUT2D eigenvalue weighted by molar-refractivity contribution is 6.31. The molecule has 3 rings (SSSR count). The molecule has 0 saturated heterocycles. The Bertz CT molecular complexity index is 937. The number of imidazole rings is 1. The van der Waals surface area contributed by atoms with Crippen molar-refractivity contribution in [3.8, 4) is 0 Å². The van der Waals surface area contributed by atoms with E-state index in [1.54, 1.807) is 42.5 Å². The molecule has 0 radical (unpaired) electrons. The van der Waals surface area contributed by atoms with Crippen molar-refractivity contribution in [1.29, 1.82) is 0 Å². The first-order valence-electron chi connectivity index (χ1n) is 7.89. The summed E-state index contributed by atoms with van der Waals surface area (Å²) in [4.78, 5) is 15.7. The second-order valence-electron chi connectivity index (χ2n) is 5.69. The molecule has 1 N–H and O–H groups in total. The van der Waals surface area contributed by atoms with E-state index in [-0.39, 0.29) is 30.9 Å². The molecule has 0 spiro atoms. The summed E-state index contributed by atoms with van der Waals surface area (Å²) >= 11 is 6.00. The second-order valence-corrected chi connectivity index (χ2v) is 6.10. The molecule has 2 aromatic carbocycles. The van der Waals surface area contributed by atoms with Crippen LogP contribution in [0.3, 0.4) is 0 Å². The lowest BCUT2D eigenvalue weighted by Gasteiger charge is -2.12. The number of amides is 1. The quantitative estimate of drug-likeness (QED) is 0.724. The van der Waals surface area contributed by atoms with Crippen LogP contribution >= 0.6 is 11.6 Å². The number of rotatable bonds is 5. The predicted molar refractivity (Wildman–Crippen MR) is 92.9 cm³/mol. The molecule has 0 atom stereocenters. The summed E-state index contributed by atoms with van der Waals surface area (Å²) in [5, 5.41) is 3.10. The number of nitrogens with zero attached hydrogens (tertiary/aromatic N) is 2. The number of carbonyl (C=O) groups excluding carboxylic acids is 1. The molecule has 4 nitrogen and oxygen atoms in total. The van der Waals surface area contributed by atoms with Crippen molar-refractivity contribution in [1.82, 2.24) is 14.9 Å². The van der Waals surface area contributed by atoms with Crippen molar-refractivity contribution in [2.75, 3.05) is 6.54 Å². The van der Waals surface area contributed by atoms with E-state index in [0.29, 0.717) is 16.1 Å². The van der Waals surface area contributed by atoms with Crippen LogP contribution in [0.5, 0.6) is 0 Å². The molecule has 8 heteroatoms. The van der Waals surface area contributed by atoms with Crippen molar-refractivity contribution in [2.24, 2.45) is 0 Å². The van der Waals surface area contributed by atoms with Gasteiger partial charge < -0.3 is 9.88 Å². The molecule has 1 aromatic heterocycles. The van der Waals surface area contributed by atoms with Crippen molar-refractivity contribution >= 4 is 28.5 Å². The van der Waals surface area contributed by atoms with Crippen LogP contribution in [-0.4, -0.2) is 22.0 Å². The molecule has 0 aliphatic rings. The lowest BCUT2D eigenvalue weighted by molar-refractivity contribution is -0.146. The lowest BCUT2D eigenvalue weighted by atomic mass is 10.1. The van der Waals surface area contributed by atoms with Crippen LogP contribution in [0, 0.1) is 0 Å². The van der Waals surface area contributed by atoms with Gasteiger partial charge in [-0.05, 0) is 23.8 Å². The number of benzene rings is 2. The topological polar surface area (TPSA) is 46.9 Å². The molecule has 0 aliphatic carbocycles. The standard InChI is InChI=1S/C18H15ClF3N3O/c19-13-6-2-1-5-12(13)11-16(26)23-9-10-25-15-8-4-3-7-14(15)24-17(25)18(20,21)22/h1-8H,9-11H2,(H,23,26). The zero-order valence-electron chi connectivity index (χ0n) is 13.6. The zero-order chi connectivity index (χ0) is 18.7. The van der Waals surface area contributed by atoms with Crippen LogP contribution in [0.1, 0.15) is 11.4 Å². The van der Waals surface area contributed by atoms with Gasteiger partial charge in [0.2, 0.25) is 11.7 Å². The smallest absolute Gasteiger partial charge is 0.354 e. The third kappa shape index (κ3) is 3.99. The Morgan fingerprint density at radius 2 is 1.81 bits per heavy atom. The summed E-state index contributed by atoms with van der Waals surface area (Å²) in [7, 11) is 0. The molecule has 1 amide bonds. The monoisotopic (exact) mass is 381 g/mol. The maximum Gasteiger partial charge on any atom is 0.449 e. The first-order chi connectivity index (χ1) is 12.4. The van der Waals surface area contributed by atoms with Gasteiger partial charge in [-0.1, -0.05) is 41.9 Å². The number of fused-ring (bicyclic) bond motifs is 1. The van der Waals surface area contributed by atoms with Crippen LogP contribution in [-0.2, 0) is 23.9 Å². The average molecular weight is 382 g/mol. The SMILES string of the molecule is O=C(Cc1ccccc1Cl)NCCn1c(C(F)(F)F)nc2ccccc21. The summed E-state index contributed by atoms with van der Waals surface area (Å²) in [6, 6.07) is 13.3. The number of para-hydroxylation sites is 2. The minimum Gasteiger partial charge on any atom is -0.354 e. The Kier molecular flexibility index (Phi) is 5.18. The zero-order valence-corrected chi connectivity index (χ0v) is 14.3. The van der Waals surface area contributed by atoms with Crippen LogP contribution < -0.4 is 5.32 Å². The molecule has 0 fully saturated rings. The summed E-state index contributed by atoms with van der Waals surface area (Å²) < 4.78 is 40.7. The van der Waals surface area contributed by atoms with Gasteiger partial charge in [0.25, 0.3) is 0 Å². The summed E-state index contributed by atoms with van der Waals surface area (Å²) in [6.45, 7) is 0.0103. The van der Waals surface area contributed by atoms with E-state index in [2.05, 4.69) is 10.3 Å². The van der Waals surface area contributed by atoms with E-state index < -0.39 is 12.0 Å². The van der Waals surface area contributed by atoms with Crippen molar-refractivity contribution in [2.45, 2.75) is 19.1 Å². The van der Waals surface area contributed by atoms with Crippen LogP contribution in [0.25, 0.3) is 11.0 Å². The predicted octanol–water partition coefficient (Wildman–Crippen LogP) is 4.07. The maximum absolute atomic E-state index is 13.2. The molecule has 0 bridgehead atoms. The van der Waals surface area contributed by atoms with Gasteiger partial charge in [0.1, 0.15) is 0 Å². The lowest BCUT2D eigenvalue weighted by Crippen LogP contribution is -2.29. The van der Waals surface area contributed by atoms with E-state index >= 15 is 0 Å². The number of carbonyl (C=O) groups is 1. The number of aromatic nitrogens is 2. The number of hydrogen-bond acceptors (Lipinski definition) is 2. The van der Waals surface area contributed by atoms with E-state index in [1.165, 1.54) is 6.07 Å². The number of halogens is 4. The third-order valence-electron chi connectivity index (χ3n) is 3.87. The number of alkyl halides is 3. The van der Waals surface area contributed by atoms with Gasteiger partial charge >= 0.3 is 6.18 Å². The van der Waals surface area contributed by atoms with Crippen molar-refractivity contribution in [3.63, 3.8) is 0 Å². The Balaban J connectivity index is 1.70. The average Bonchev–Trinajstić information content (AvgIpc) is 2.96. The highest BCUT2D eigenvalue weighted by atomic mass is 35.5. The van der Waals surface area contributed by atoms with Crippen molar-refractivity contribution in [3.05, 3.63) is 64.9 Å². The molecule has 136 valence electrons. The fraction of sp³-hybridized carbons (Fsp3) is 0.222. The fourth-order valence-electron chi connectivity index (χ4n) is 2.70. The summed E-state index contributed by atoms with van der Waals surface area (Å²) in [6.07, 6.45) is -4.50. The first kappa shape index (κ1) is 18.3. The van der Waals surface area contributed by atoms with Crippen LogP contribution in [0.2, 0.25) is 5.02 Å². The first-order valence-corrected chi connectivity index (χ1v) is 8.26. The highest BCUT2D eigenvalue weighted by Gasteiger charge is 2.37. The van der Waals surface area contributed by atoms with Gasteiger partial charge in [0.05, 0.1) is 17.5 Å². The molecule has 0 aliphatic heterocycles. The number of hydrogen-bond donors (Lipinski definition) is 1. The molecular formula is C18H15ClF3N3O. The fourth-order valence-corrected chi connectivity index (χ4v) is 2.91. The van der Waals surface area contributed by atoms with Gasteiger partial charge in [-0.2, -0.15) is 13.2 Å². The second kappa shape index (κ2) is 7.37. The van der Waals surface area contributed by atoms with Crippen LogP contribution in [0.15, 0.2) is 48.5 Å². The Morgan fingerprint density at radius 1 is 1.12 bits per heavy atom. The molecule has 3 aromatic rings. The maximum atomic E-state index is 13.2. The van der Waals surface area contributed by atoms with Gasteiger partial charge in [-0.25, -0.2) is 4.98 Å². The van der Waals surface area contributed by atoms with Crippen LogP contribution in [0.4, 0.5) is 13.2 Å². The Hall–Kier alpha value is -2.54. The Labute approximate surface area is 152 Å². The Morgan fingerprint density at radius 3 is 2.54 bits per heavy atom. The van der Waals surface area contributed by atoms with E-state index in [0.717, 1.165) is 4.57 Å². The molecule has 1 heterocycles. The van der Waals surface area contributed by atoms with Gasteiger partial charge in [0, 0.05) is 18.1 Å². The van der Waals surface area contributed by atoms with Gasteiger partial charge in [0.15, 0.2) is 0 Å². The summed E-state index contributed by atoms with van der Waals surface area (Å²) in [5.41, 5.74) is 1.30. The van der Waals surface area contributed by atoms with Gasteiger partial charge in [-0.15, -0.1) is 0 Å². The molecule has 26 heavy (non-hydrogen) atoms. The highest BCUT2D eigenvalue weighted by Crippen LogP contribution is 2.31. The van der Waals surface area contributed by atoms with E-state index in [1.807, 2.05) is 0 Å². The normalized spacial score (nSPS) is 11.7.